The van der Waals surface area contributed by atoms with Crippen LogP contribution in [0, 0.1) is 12.7 Å². The van der Waals surface area contributed by atoms with Crippen LogP contribution in [0.2, 0.25) is 0 Å². The van der Waals surface area contributed by atoms with Gasteiger partial charge in [0.05, 0.1) is 5.69 Å². The number of rotatable bonds is 0. The summed E-state index contributed by atoms with van der Waals surface area (Å²) in [5.74, 6) is -0.388. The minimum Gasteiger partial charge on any atom is -0.283 e. The second-order valence-electron chi connectivity index (χ2n) is 3.48. The SMILES string of the molecule is Cc1cc2c(cc1F)NS(=O)(=O)[C@@H]2C. The van der Waals surface area contributed by atoms with Gasteiger partial charge in [0.2, 0.25) is 10.0 Å². The van der Waals surface area contributed by atoms with Gasteiger partial charge in [0, 0.05) is 0 Å². The lowest BCUT2D eigenvalue weighted by atomic mass is 10.1. The first-order valence-electron chi connectivity index (χ1n) is 4.23. The number of nitrogens with one attached hydrogen (secondary N) is 1. The largest absolute Gasteiger partial charge is 0.283 e. The van der Waals surface area contributed by atoms with Crippen molar-refractivity contribution >= 4 is 15.7 Å². The van der Waals surface area contributed by atoms with Crippen molar-refractivity contribution in [3.05, 3.63) is 29.1 Å². The van der Waals surface area contributed by atoms with E-state index in [2.05, 4.69) is 4.72 Å². The number of hydrogen-bond donors (Lipinski definition) is 1. The second-order valence-corrected chi connectivity index (χ2v) is 5.48. The highest BCUT2D eigenvalue weighted by Crippen LogP contribution is 2.38. The zero-order chi connectivity index (χ0) is 10.5. The number of benzene rings is 1. The molecule has 3 nitrogen and oxygen atoms in total. The van der Waals surface area contributed by atoms with Crippen LogP contribution in [0.4, 0.5) is 10.1 Å². The fraction of sp³-hybridized carbons (Fsp3) is 0.333. The molecular weight excluding hydrogens is 205 g/mol. The summed E-state index contributed by atoms with van der Waals surface area (Å²) in [7, 11) is -3.33. The highest BCUT2D eigenvalue weighted by molar-refractivity contribution is 7.93. The molecular formula is C9H10FNO2S. The molecule has 0 fully saturated rings. The van der Waals surface area contributed by atoms with E-state index >= 15 is 0 Å². The summed E-state index contributed by atoms with van der Waals surface area (Å²) in [6.45, 7) is 3.21. The van der Waals surface area contributed by atoms with Crippen molar-refractivity contribution in [2.24, 2.45) is 0 Å². The van der Waals surface area contributed by atoms with E-state index in [0.29, 0.717) is 16.8 Å². The van der Waals surface area contributed by atoms with Crippen LogP contribution in [0.5, 0.6) is 0 Å². The van der Waals surface area contributed by atoms with E-state index in [1.54, 1.807) is 19.9 Å². The van der Waals surface area contributed by atoms with Gasteiger partial charge in [0.15, 0.2) is 0 Å². The Morgan fingerprint density at radius 2 is 2.07 bits per heavy atom. The van der Waals surface area contributed by atoms with Gasteiger partial charge in [0.1, 0.15) is 11.1 Å². The third kappa shape index (κ3) is 1.19. The number of anilines is 1. The van der Waals surface area contributed by atoms with Gasteiger partial charge in [-0.15, -0.1) is 0 Å². The average Bonchev–Trinajstić information content (AvgIpc) is 2.28. The van der Waals surface area contributed by atoms with Crippen LogP contribution in [0.15, 0.2) is 12.1 Å². The van der Waals surface area contributed by atoms with E-state index in [1.165, 1.54) is 6.07 Å². The van der Waals surface area contributed by atoms with Gasteiger partial charge < -0.3 is 0 Å². The Balaban J connectivity index is 2.67. The minimum absolute atomic E-state index is 0.362. The van der Waals surface area contributed by atoms with E-state index in [4.69, 9.17) is 0 Å². The third-order valence-electron chi connectivity index (χ3n) is 2.49. The molecule has 1 atom stereocenters. The number of sulfonamides is 1. The van der Waals surface area contributed by atoms with Crippen LogP contribution in [0.1, 0.15) is 23.3 Å². The van der Waals surface area contributed by atoms with Crippen LogP contribution < -0.4 is 4.72 Å². The van der Waals surface area contributed by atoms with Crippen molar-refractivity contribution in [3.63, 3.8) is 0 Å². The highest BCUT2D eigenvalue weighted by Gasteiger charge is 2.33. The molecule has 0 saturated carbocycles. The Hall–Kier alpha value is -1.10. The van der Waals surface area contributed by atoms with Crippen LogP contribution in [0.3, 0.4) is 0 Å². The van der Waals surface area contributed by atoms with E-state index in [1.807, 2.05) is 0 Å². The van der Waals surface area contributed by atoms with Gasteiger partial charge >= 0.3 is 0 Å². The smallest absolute Gasteiger partial charge is 0.239 e. The zero-order valence-corrected chi connectivity index (χ0v) is 8.65. The molecule has 1 heterocycles. The molecule has 1 aliphatic heterocycles. The minimum atomic E-state index is -3.33. The van der Waals surface area contributed by atoms with E-state index in [9.17, 15) is 12.8 Å². The lowest BCUT2D eigenvalue weighted by Crippen LogP contribution is -2.09. The molecule has 0 amide bonds. The lowest BCUT2D eigenvalue weighted by molar-refractivity contribution is 0.594. The molecule has 1 aromatic carbocycles. The number of fused-ring (bicyclic) bond motifs is 1. The quantitative estimate of drug-likeness (QED) is 0.719. The predicted molar refractivity (Wildman–Crippen MR) is 52.1 cm³/mol. The maximum atomic E-state index is 13.1. The fourth-order valence-electron chi connectivity index (χ4n) is 1.54. The molecule has 1 aromatic rings. The Labute approximate surface area is 82.0 Å². The maximum absolute atomic E-state index is 13.1. The average molecular weight is 215 g/mol. The van der Waals surface area contributed by atoms with Crippen molar-refractivity contribution in [3.8, 4) is 0 Å². The summed E-state index contributed by atoms with van der Waals surface area (Å²) in [5, 5.41) is -0.600. The summed E-state index contributed by atoms with van der Waals surface area (Å²) >= 11 is 0. The summed E-state index contributed by atoms with van der Waals surface area (Å²) in [4.78, 5) is 0. The molecule has 0 aliphatic carbocycles. The van der Waals surface area contributed by atoms with Gasteiger partial charge in [-0.2, -0.15) is 0 Å². The highest BCUT2D eigenvalue weighted by atomic mass is 32.2. The summed E-state index contributed by atoms with van der Waals surface area (Å²) in [6.07, 6.45) is 0. The normalized spacial score (nSPS) is 22.9. The van der Waals surface area contributed by atoms with Gasteiger partial charge in [-0.05, 0) is 37.1 Å². The van der Waals surface area contributed by atoms with Crippen molar-refractivity contribution < 1.29 is 12.8 Å². The van der Waals surface area contributed by atoms with Crippen molar-refractivity contribution in [2.45, 2.75) is 19.1 Å². The van der Waals surface area contributed by atoms with Gasteiger partial charge in [-0.3, -0.25) is 4.72 Å². The fourth-order valence-corrected chi connectivity index (χ4v) is 2.73. The molecule has 76 valence electrons. The molecule has 0 radical (unpaired) electrons. The Morgan fingerprint density at radius 1 is 1.43 bits per heavy atom. The zero-order valence-electron chi connectivity index (χ0n) is 7.83. The van der Waals surface area contributed by atoms with Gasteiger partial charge in [-0.25, -0.2) is 12.8 Å². The van der Waals surface area contributed by atoms with Crippen LogP contribution in [-0.4, -0.2) is 8.42 Å². The van der Waals surface area contributed by atoms with Crippen molar-refractivity contribution in [1.82, 2.24) is 0 Å². The molecule has 0 saturated heterocycles. The van der Waals surface area contributed by atoms with Crippen LogP contribution >= 0.6 is 0 Å². The lowest BCUT2D eigenvalue weighted by Gasteiger charge is -2.02. The first kappa shape index (κ1) is 9.45. The standard InChI is InChI=1S/C9H10FNO2S/c1-5-3-7-6(2)14(12,13)11-9(7)4-8(5)10/h3-4,6,11H,1-2H3/t6-/m1/s1. The molecule has 14 heavy (non-hydrogen) atoms. The molecule has 0 aromatic heterocycles. The second kappa shape index (κ2) is 2.70. The summed E-state index contributed by atoms with van der Waals surface area (Å²) in [5.41, 5.74) is 1.47. The number of aryl methyl sites for hydroxylation is 1. The third-order valence-corrected chi connectivity index (χ3v) is 4.18. The molecule has 5 heteroatoms. The van der Waals surface area contributed by atoms with Gasteiger partial charge in [-0.1, -0.05) is 0 Å². The monoisotopic (exact) mass is 215 g/mol. The first-order chi connectivity index (χ1) is 6.42. The molecule has 0 unspecified atom stereocenters. The van der Waals surface area contributed by atoms with Crippen LogP contribution in [-0.2, 0) is 10.0 Å². The molecule has 0 bridgehead atoms. The van der Waals surface area contributed by atoms with E-state index in [-0.39, 0.29) is 5.82 Å². The Bertz CT molecular complexity index is 496. The van der Waals surface area contributed by atoms with Crippen molar-refractivity contribution in [1.29, 1.82) is 0 Å². The molecule has 0 spiro atoms. The number of hydrogen-bond acceptors (Lipinski definition) is 2. The molecule has 1 N–H and O–H groups in total. The molecule has 1 aliphatic rings. The molecule has 2 rings (SSSR count). The van der Waals surface area contributed by atoms with Gasteiger partial charge in [0.25, 0.3) is 0 Å². The Morgan fingerprint density at radius 3 is 2.71 bits per heavy atom. The summed E-state index contributed by atoms with van der Waals surface area (Å²) in [6, 6.07) is 2.80. The van der Waals surface area contributed by atoms with E-state index in [0.717, 1.165) is 0 Å². The first-order valence-corrected chi connectivity index (χ1v) is 5.78. The summed E-state index contributed by atoms with van der Waals surface area (Å²) < 4.78 is 38.3. The topological polar surface area (TPSA) is 46.2 Å². The van der Waals surface area contributed by atoms with Crippen molar-refractivity contribution in [2.75, 3.05) is 4.72 Å². The van der Waals surface area contributed by atoms with Crippen LogP contribution in [0.25, 0.3) is 0 Å². The Kier molecular flexibility index (Phi) is 1.82. The maximum Gasteiger partial charge on any atom is 0.239 e. The predicted octanol–water partition coefficient (Wildman–Crippen LogP) is 1.95. The van der Waals surface area contributed by atoms with E-state index < -0.39 is 15.3 Å². The number of halogens is 1.